The van der Waals surface area contributed by atoms with Crippen molar-refractivity contribution in [3.05, 3.63) is 18.0 Å². The maximum Gasteiger partial charge on any atom is 0.305 e. The van der Waals surface area contributed by atoms with Crippen LogP contribution in [-0.4, -0.2) is 51.6 Å². The molecule has 2 heterocycles. The standard InChI is InChI=1S/C13H21N3O3/c1-2-12-10-15(5-6-19-12)8-11-7-14-16(9-11)4-3-13(17)18/h7,9,12H,2-6,8,10H2,1H3,(H,17,18)/t12-/m0/s1. The molecule has 6 nitrogen and oxygen atoms in total. The number of ether oxygens (including phenoxy) is 1. The van der Waals surface area contributed by atoms with Crippen molar-refractivity contribution in [2.75, 3.05) is 19.7 Å². The molecule has 2 rings (SSSR count). The molecule has 1 aliphatic rings. The Hall–Kier alpha value is -1.40. The van der Waals surface area contributed by atoms with Gasteiger partial charge in [-0.2, -0.15) is 5.10 Å². The zero-order valence-electron chi connectivity index (χ0n) is 11.3. The molecule has 0 saturated carbocycles. The molecule has 1 N–H and O–H groups in total. The first kappa shape index (κ1) is 14.0. The zero-order valence-corrected chi connectivity index (χ0v) is 11.3. The molecule has 0 spiro atoms. The van der Waals surface area contributed by atoms with Crippen LogP contribution in [0, 0.1) is 0 Å². The van der Waals surface area contributed by atoms with Crippen LogP contribution in [-0.2, 0) is 22.6 Å². The molecular formula is C13H21N3O3. The molecule has 0 aliphatic carbocycles. The molecule has 0 amide bonds. The summed E-state index contributed by atoms with van der Waals surface area (Å²) < 4.78 is 7.33. The van der Waals surface area contributed by atoms with Crippen molar-refractivity contribution in [2.24, 2.45) is 0 Å². The number of carbonyl (C=O) groups is 1. The van der Waals surface area contributed by atoms with Crippen LogP contribution < -0.4 is 0 Å². The summed E-state index contributed by atoms with van der Waals surface area (Å²) in [5.74, 6) is -0.795. The fraction of sp³-hybridized carbons (Fsp3) is 0.692. The van der Waals surface area contributed by atoms with Gasteiger partial charge in [-0.25, -0.2) is 0 Å². The lowest BCUT2D eigenvalue weighted by Crippen LogP contribution is -2.41. The van der Waals surface area contributed by atoms with Crippen molar-refractivity contribution < 1.29 is 14.6 Å². The number of aromatic nitrogens is 2. The third-order valence-electron chi connectivity index (χ3n) is 3.33. The van der Waals surface area contributed by atoms with Crippen molar-refractivity contribution in [2.45, 2.75) is 39.0 Å². The van der Waals surface area contributed by atoms with Gasteiger partial charge in [0, 0.05) is 31.4 Å². The minimum absolute atomic E-state index is 0.108. The highest BCUT2D eigenvalue weighted by Crippen LogP contribution is 2.12. The van der Waals surface area contributed by atoms with Crippen molar-refractivity contribution in [3.63, 3.8) is 0 Å². The normalized spacial score (nSPS) is 20.6. The highest BCUT2D eigenvalue weighted by molar-refractivity contribution is 5.66. The van der Waals surface area contributed by atoms with Gasteiger partial charge in [0.25, 0.3) is 0 Å². The Kier molecular flexibility index (Phi) is 4.93. The van der Waals surface area contributed by atoms with E-state index in [2.05, 4.69) is 16.9 Å². The predicted molar refractivity (Wildman–Crippen MR) is 69.8 cm³/mol. The summed E-state index contributed by atoms with van der Waals surface area (Å²) in [7, 11) is 0. The quantitative estimate of drug-likeness (QED) is 0.831. The lowest BCUT2D eigenvalue weighted by molar-refractivity contribution is -0.137. The molecule has 0 aromatic carbocycles. The summed E-state index contributed by atoms with van der Waals surface area (Å²) in [6, 6.07) is 0. The van der Waals surface area contributed by atoms with E-state index in [-0.39, 0.29) is 6.42 Å². The molecular weight excluding hydrogens is 246 g/mol. The topological polar surface area (TPSA) is 67.6 Å². The molecule has 0 unspecified atom stereocenters. The maximum atomic E-state index is 10.5. The third-order valence-corrected chi connectivity index (χ3v) is 3.33. The highest BCUT2D eigenvalue weighted by atomic mass is 16.5. The minimum Gasteiger partial charge on any atom is -0.481 e. The first-order valence-corrected chi connectivity index (χ1v) is 6.74. The molecule has 19 heavy (non-hydrogen) atoms. The van der Waals surface area contributed by atoms with Crippen molar-refractivity contribution in [1.29, 1.82) is 0 Å². The van der Waals surface area contributed by atoms with E-state index in [4.69, 9.17) is 9.84 Å². The number of nitrogens with zero attached hydrogens (tertiary/aromatic N) is 3. The van der Waals surface area contributed by atoms with Gasteiger partial charge in [0.2, 0.25) is 0 Å². The Morgan fingerprint density at radius 2 is 2.47 bits per heavy atom. The van der Waals surface area contributed by atoms with E-state index in [0.717, 1.165) is 38.2 Å². The molecule has 1 aliphatic heterocycles. The average molecular weight is 267 g/mol. The van der Waals surface area contributed by atoms with Gasteiger partial charge in [-0.05, 0) is 6.42 Å². The molecule has 0 radical (unpaired) electrons. The van der Waals surface area contributed by atoms with Crippen LogP contribution in [0.25, 0.3) is 0 Å². The van der Waals surface area contributed by atoms with Gasteiger partial charge in [0.1, 0.15) is 0 Å². The number of aryl methyl sites for hydroxylation is 1. The molecule has 1 aromatic heterocycles. The average Bonchev–Trinajstić information content (AvgIpc) is 2.84. The Labute approximate surface area is 113 Å². The summed E-state index contributed by atoms with van der Waals surface area (Å²) in [5.41, 5.74) is 1.13. The molecule has 1 saturated heterocycles. The van der Waals surface area contributed by atoms with E-state index in [0.29, 0.717) is 12.6 Å². The molecule has 6 heteroatoms. The van der Waals surface area contributed by atoms with Gasteiger partial charge in [-0.1, -0.05) is 6.92 Å². The predicted octanol–water partition coefficient (Wildman–Crippen LogP) is 0.969. The van der Waals surface area contributed by atoms with Crippen LogP contribution in [0.1, 0.15) is 25.3 Å². The second kappa shape index (κ2) is 6.68. The van der Waals surface area contributed by atoms with Crippen LogP contribution in [0.3, 0.4) is 0 Å². The monoisotopic (exact) mass is 267 g/mol. The van der Waals surface area contributed by atoms with Gasteiger partial charge in [-0.15, -0.1) is 0 Å². The number of hydrogen-bond acceptors (Lipinski definition) is 4. The van der Waals surface area contributed by atoms with Gasteiger partial charge in [0.15, 0.2) is 0 Å². The number of rotatable bonds is 6. The van der Waals surface area contributed by atoms with Crippen LogP contribution >= 0.6 is 0 Å². The van der Waals surface area contributed by atoms with Crippen LogP contribution in [0.5, 0.6) is 0 Å². The van der Waals surface area contributed by atoms with Crippen molar-refractivity contribution >= 4 is 5.97 Å². The first-order valence-electron chi connectivity index (χ1n) is 6.74. The minimum atomic E-state index is -0.795. The Balaban J connectivity index is 1.83. The third kappa shape index (κ3) is 4.33. The van der Waals surface area contributed by atoms with Crippen LogP contribution in [0.15, 0.2) is 12.4 Å². The lowest BCUT2D eigenvalue weighted by atomic mass is 10.2. The smallest absolute Gasteiger partial charge is 0.305 e. The summed E-state index contributed by atoms with van der Waals surface area (Å²) in [5, 5.41) is 12.8. The zero-order chi connectivity index (χ0) is 13.7. The van der Waals surface area contributed by atoms with E-state index in [1.165, 1.54) is 0 Å². The highest BCUT2D eigenvalue weighted by Gasteiger charge is 2.19. The van der Waals surface area contributed by atoms with E-state index in [9.17, 15) is 4.79 Å². The molecule has 1 atom stereocenters. The second-order valence-corrected chi connectivity index (χ2v) is 4.89. The van der Waals surface area contributed by atoms with E-state index in [1.807, 2.05) is 12.4 Å². The summed E-state index contributed by atoms with van der Waals surface area (Å²) in [4.78, 5) is 12.9. The maximum absolute atomic E-state index is 10.5. The number of carboxylic acid groups (broad SMARTS) is 1. The number of hydrogen-bond donors (Lipinski definition) is 1. The first-order chi connectivity index (χ1) is 9.17. The van der Waals surface area contributed by atoms with Crippen molar-refractivity contribution in [1.82, 2.24) is 14.7 Å². The van der Waals surface area contributed by atoms with E-state index in [1.54, 1.807) is 4.68 Å². The van der Waals surface area contributed by atoms with Gasteiger partial charge < -0.3 is 9.84 Å². The molecule has 1 fully saturated rings. The van der Waals surface area contributed by atoms with Crippen molar-refractivity contribution in [3.8, 4) is 0 Å². The van der Waals surface area contributed by atoms with Gasteiger partial charge >= 0.3 is 5.97 Å². The molecule has 0 bridgehead atoms. The summed E-state index contributed by atoms with van der Waals surface area (Å²) >= 11 is 0. The fourth-order valence-electron chi connectivity index (χ4n) is 2.25. The fourth-order valence-corrected chi connectivity index (χ4v) is 2.25. The van der Waals surface area contributed by atoms with Crippen LogP contribution in [0.4, 0.5) is 0 Å². The van der Waals surface area contributed by atoms with Gasteiger partial charge in [-0.3, -0.25) is 14.4 Å². The van der Waals surface area contributed by atoms with E-state index >= 15 is 0 Å². The largest absolute Gasteiger partial charge is 0.481 e. The van der Waals surface area contributed by atoms with Crippen LogP contribution in [0.2, 0.25) is 0 Å². The molecule has 106 valence electrons. The molecule has 1 aromatic rings. The number of morpholine rings is 1. The summed E-state index contributed by atoms with van der Waals surface area (Å²) in [6.45, 7) is 6.10. The number of aliphatic carboxylic acids is 1. The number of carboxylic acids is 1. The van der Waals surface area contributed by atoms with Gasteiger partial charge in [0.05, 0.1) is 31.9 Å². The lowest BCUT2D eigenvalue weighted by Gasteiger charge is -2.32. The SMILES string of the molecule is CC[C@H]1CN(Cc2cnn(CCC(=O)O)c2)CCO1. The summed E-state index contributed by atoms with van der Waals surface area (Å²) in [6.07, 6.45) is 5.22. The second-order valence-electron chi connectivity index (χ2n) is 4.89. The van der Waals surface area contributed by atoms with E-state index < -0.39 is 5.97 Å². The Bertz CT molecular complexity index is 419. The Morgan fingerprint density at radius 3 is 3.21 bits per heavy atom. The Morgan fingerprint density at radius 1 is 1.63 bits per heavy atom.